The van der Waals surface area contributed by atoms with Gasteiger partial charge < -0.3 is 4.90 Å². The fourth-order valence-electron chi connectivity index (χ4n) is 1.81. The van der Waals surface area contributed by atoms with Crippen LogP contribution >= 0.6 is 0 Å². The molecule has 0 spiro atoms. The summed E-state index contributed by atoms with van der Waals surface area (Å²) in [4.78, 5) is 15.3. The zero-order valence-corrected chi connectivity index (χ0v) is 8.53. The summed E-state index contributed by atoms with van der Waals surface area (Å²) in [5.74, 6) is 0. The van der Waals surface area contributed by atoms with Gasteiger partial charge in [-0.15, -0.1) is 0 Å². The summed E-state index contributed by atoms with van der Waals surface area (Å²) in [6, 6.07) is 8.12. The van der Waals surface area contributed by atoms with Crippen LogP contribution in [0.4, 0.5) is 10.5 Å². The third-order valence-corrected chi connectivity index (χ3v) is 2.65. The number of fused-ring (bicyclic) bond motifs is 1. The minimum atomic E-state index is 0.0891. The molecule has 0 atom stereocenters. The van der Waals surface area contributed by atoms with Crippen LogP contribution in [0.2, 0.25) is 0 Å². The van der Waals surface area contributed by atoms with Gasteiger partial charge in [0, 0.05) is 20.1 Å². The van der Waals surface area contributed by atoms with Crippen molar-refractivity contribution in [2.45, 2.75) is 13.5 Å². The Kier molecular flexibility index (Phi) is 2.15. The molecule has 2 amide bonds. The molecule has 0 bridgehead atoms. The van der Waals surface area contributed by atoms with Crippen LogP contribution in [-0.4, -0.2) is 24.5 Å². The van der Waals surface area contributed by atoms with Gasteiger partial charge in [-0.05, 0) is 18.6 Å². The zero-order chi connectivity index (χ0) is 10.1. The number of hydrogen-bond donors (Lipinski definition) is 0. The predicted molar refractivity (Wildman–Crippen MR) is 56.3 cm³/mol. The van der Waals surface area contributed by atoms with Gasteiger partial charge >= 0.3 is 6.03 Å². The van der Waals surface area contributed by atoms with E-state index < -0.39 is 0 Å². The second kappa shape index (κ2) is 3.33. The quantitative estimate of drug-likeness (QED) is 0.665. The maximum atomic E-state index is 11.8. The Balaban J connectivity index is 2.42. The van der Waals surface area contributed by atoms with E-state index in [9.17, 15) is 4.79 Å². The van der Waals surface area contributed by atoms with E-state index in [-0.39, 0.29) is 6.03 Å². The molecule has 1 heterocycles. The molecule has 0 aliphatic carbocycles. The summed E-state index contributed by atoms with van der Waals surface area (Å²) in [6.07, 6.45) is 0. The number of amides is 2. The SMILES string of the molecule is CCN1Cc2ccccc2N(C)C1=O. The number of benzene rings is 1. The highest BCUT2D eigenvalue weighted by Gasteiger charge is 2.25. The van der Waals surface area contributed by atoms with Crippen molar-refractivity contribution in [2.75, 3.05) is 18.5 Å². The Labute approximate surface area is 83.9 Å². The molecule has 1 aromatic carbocycles. The minimum Gasteiger partial charge on any atom is -0.320 e. The number of para-hydroxylation sites is 1. The fourth-order valence-corrected chi connectivity index (χ4v) is 1.81. The van der Waals surface area contributed by atoms with E-state index in [4.69, 9.17) is 0 Å². The molecule has 1 aliphatic heterocycles. The lowest BCUT2D eigenvalue weighted by Gasteiger charge is -2.34. The summed E-state index contributed by atoms with van der Waals surface area (Å²) in [7, 11) is 1.82. The second-order valence-electron chi connectivity index (χ2n) is 3.48. The van der Waals surface area contributed by atoms with Gasteiger partial charge in [-0.3, -0.25) is 4.90 Å². The summed E-state index contributed by atoms with van der Waals surface area (Å²) in [6.45, 7) is 3.49. The molecular weight excluding hydrogens is 176 g/mol. The summed E-state index contributed by atoms with van der Waals surface area (Å²) >= 11 is 0. The van der Waals surface area contributed by atoms with E-state index in [2.05, 4.69) is 6.07 Å². The molecule has 3 nitrogen and oxygen atoms in total. The molecule has 1 aliphatic rings. The van der Waals surface area contributed by atoms with E-state index in [0.717, 1.165) is 18.8 Å². The molecule has 3 heteroatoms. The van der Waals surface area contributed by atoms with Gasteiger partial charge in [-0.25, -0.2) is 4.79 Å². The largest absolute Gasteiger partial charge is 0.324 e. The number of carbonyl (C=O) groups is 1. The van der Waals surface area contributed by atoms with Gasteiger partial charge in [-0.1, -0.05) is 18.2 Å². The number of rotatable bonds is 1. The molecule has 0 fully saturated rings. The van der Waals surface area contributed by atoms with Gasteiger partial charge in [0.25, 0.3) is 0 Å². The molecule has 0 unspecified atom stereocenters. The van der Waals surface area contributed by atoms with Crippen molar-refractivity contribution >= 4 is 11.7 Å². The van der Waals surface area contributed by atoms with Gasteiger partial charge in [0.15, 0.2) is 0 Å². The highest BCUT2D eigenvalue weighted by molar-refractivity contribution is 5.94. The van der Waals surface area contributed by atoms with Crippen molar-refractivity contribution in [1.82, 2.24) is 4.90 Å². The van der Waals surface area contributed by atoms with Gasteiger partial charge in [0.2, 0.25) is 0 Å². The lowest BCUT2D eigenvalue weighted by Crippen LogP contribution is -2.44. The first kappa shape index (κ1) is 9.06. The summed E-state index contributed by atoms with van der Waals surface area (Å²) in [5, 5.41) is 0. The molecule has 0 saturated carbocycles. The van der Waals surface area contributed by atoms with E-state index in [0.29, 0.717) is 0 Å². The molecule has 0 saturated heterocycles. The van der Waals surface area contributed by atoms with Crippen molar-refractivity contribution in [3.8, 4) is 0 Å². The first-order valence-corrected chi connectivity index (χ1v) is 4.84. The highest BCUT2D eigenvalue weighted by Crippen LogP contribution is 2.26. The van der Waals surface area contributed by atoms with Crippen LogP contribution in [0.5, 0.6) is 0 Å². The monoisotopic (exact) mass is 190 g/mol. The number of nitrogens with zero attached hydrogens (tertiary/aromatic N) is 2. The molecular formula is C11H14N2O. The molecule has 0 aromatic heterocycles. The van der Waals surface area contributed by atoms with Gasteiger partial charge in [-0.2, -0.15) is 0 Å². The van der Waals surface area contributed by atoms with E-state index >= 15 is 0 Å². The summed E-state index contributed by atoms with van der Waals surface area (Å²) in [5.41, 5.74) is 2.25. The number of urea groups is 1. The van der Waals surface area contributed by atoms with Crippen molar-refractivity contribution in [2.24, 2.45) is 0 Å². The number of anilines is 1. The normalized spacial score (nSPS) is 15.7. The van der Waals surface area contributed by atoms with E-state index in [1.54, 1.807) is 4.90 Å². The Morgan fingerprint density at radius 2 is 2.07 bits per heavy atom. The van der Waals surface area contributed by atoms with Crippen LogP contribution in [0.1, 0.15) is 12.5 Å². The Hall–Kier alpha value is -1.51. The molecule has 1 aromatic rings. The van der Waals surface area contributed by atoms with Crippen LogP contribution in [0.15, 0.2) is 24.3 Å². The molecule has 74 valence electrons. The second-order valence-corrected chi connectivity index (χ2v) is 3.48. The van der Waals surface area contributed by atoms with Crippen LogP contribution in [0, 0.1) is 0 Å². The molecule has 0 N–H and O–H groups in total. The Bertz CT molecular complexity index is 362. The third-order valence-electron chi connectivity index (χ3n) is 2.65. The number of carbonyl (C=O) groups excluding carboxylic acids is 1. The van der Waals surface area contributed by atoms with Gasteiger partial charge in [0.1, 0.15) is 0 Å². The standard InChI is InChI=1S/C11H14N2O/c1-3-13-8-9-6-4-5-7-10(9)12(2)11(13)14/h4-7H,3,8H2,1-2H3. The molecule has 14 heavy (non-hydrogen) atoms. The van der Waals surface area contributed by atoms with Crippen LogP contribution < -0.4 is 4.90 Å². The minimum absolute atomic E-state index is 0.0891. The number of hydrogen-bond acceptors (Lipinski definition) is 1. The summed E-state index contributed by atoms with van der Waals surface area (Å²) < 4.78 is 0. The first-order valence-electron chi connectivity index (χ1n) is 4.84. The fraction of sp³-hybridized carbons (Fsp3) is 0.364. The van der Waals surface area contributed by atoms with E-state index in [1.807, 2.05) is 37.1 Å². The maximum absolute atomic E-state index is 11.8. The topological polar surface area (TPSA) is 23.6 Å². The first-order chi connectivity index (χ1) is 6.74. The van der Waals surface area contributed by atoms with E-state index in [1.165, 1.54) is 5.56 Å². The third kappa shape index (κ3) is 1.25. The van der Waals surface area contributed by atoms with Crippen LogP contribution in [-0.2, 0) is 6.54 Å². The lowest BCUT2D eigenvalue weighted by atomic mass is 10.1. The van der Waals surface area contributed by atoms with Crippen LogP contribution in [0.25, 0.3) is 0 Å². The predicted octanol–water partition coefficient (Wildman–Crippen LogP) is 2.08. The Morgan fingerprint density at radius 1 is 1.36 bits per heavy atom. The Morgan fingerprint density at radius 3 is 2.79 bits per heavy atom. The van der Waals surface area contributed by atoms with Crippen LogP contribution in [0.3, 0.4) is 0 Å². The van der Waals surface area contributed by atoms with Crippen molar-refractivity contribution in [3.63, 3.8) is 0 Å². The maximum Gasteiger partial charge on any atom is 0.324 e. The zero-order valence-electron chi connectivity index (χ0n) is 8.53. The average Bonchev–Trinajstić information content (AvgIpc) is 2.23. The highest BCUT2D eigenvalue weighted by atomic mass is 16.2. The van der Waals surface area contributed by atoms with Gasteiger partial charge in [0.05, 0.1) is 5.69 Å². The smallest absolute Gasteiger partial charge is 0.320 e. The average molecular weight is 190 g/mol. The molecule has 0 radical (unpaired) electrons. The van der Waals surface area contributed by atoms with Crippen molar-refractivity contribution in [3.05, 3.63) is 29.8 Å². The van der Waals surface area contributed by atoms with Crippen molar-refractivity contribution in [1.29, 1.82) is 0 Å². The molecule has 2 rings (SSSR count). The van der Waals surface area contributed by atoms with Crippen molar-refractivity contribution < 1.29 is 4.79 Å². The lowest BCUT2D eigenvalue weighted by molar-refractivity contribution is 0.203.